The number of alkyl halides is 7. The van der Waals surface area contributed by atoms with Crippen molar-refractivity contribution < 1.29 is 53.8 Å². The molecule has 0 spiro atoms. The summed E-state index contributed by atoms with van der Waals surface area (Å²) in [7, 11) is -4.46. The third kappa shape index (κ3) is 6.56. The van der Waals surface area contributed by atoms with Gasteiger partial charge in [-0.2, -0.15) is 26.3 Å². The lowest BCUT2D eigenvalue weighted by Gasteiger charge is -2.43. The molecular weight excluding hydrogens is 679 g/mol. The van der Waals surface area contributed by atoms with Crippen molar-refractivity contribution in [2.45, 2.75) is 92.0 Å². The van der Waals surface area contributed by atoms with Crippen LogP contribution in [0, 0.1) is 5.92 Å². The zero-order chi connectivity index (χ0) is 34.8. The number of ether oxygens (including phenoxy) is 1. The lowest BCUT2D eigenvalue weighted by molar-refractivity contribution is -0.348. The number of likely N-dealkylation sites (tertiary alicyclic amines) is 1. The van der Waals surface area contributed by atoms with Gasteiger partial charge in [-0.1, -0.05) is 62.4 Å². The van der Waals surface area contributed by atoms with Gasteiger partial charge in [0.2, 0.25) is 5.91 Å². The molecule has 1 saturated carbocycles. The Morgan fingerprint density at radius 2 is 1.64 bits per heavy atom. The predicted molar refractivity (Wildman–Crippen MR) is 161 cm³/mol. The minimum absolute atomic E-state index is 0.0322. The smallest absolute Gasteiger partial charge is 0.435 e. The number of fused-ring (bicyclic) bond motifs is 3. The number of allylic oxidation sites excluding steroid dienone is 1. The number of aliphatic hydroxyl groups excluding tert-OH is 1. The average Bonchev–Trinajstić information content (AvgIpc) is 3.44. The van der Waals surface area contributed by atoms with Crippen LogP contribution >= 0.6 is 11.6 Å². The van der Waals surface area contributed by atoms with Crippen molar-refractivity contribution in [2.24, 2.45) is 5.92 Å². The van der Waals surface area contributed by atoms with Crippen LogP contribution in [-0.4, -0.2) is 55.9 Å². The summed E-state index contributed by atoms with van der Waals surface area (Å²) in [6.45, 7) is 1.51. The highest BCUT2D eigenvalue weighted by atomic mass is 35.5. The summed E-state index contributed by atoms with van der Waals surface area (Å²) >= 11 is 5.94. The maximum atomic E-state index is 14.9. The number of amides is 1. The van der Waals surface area contributed by atoms with Crippen LogP contribution in [0.25, 0.3) is 0 Å². The van der Waals surface area contributed by atoms with E-state index in [1.807, 2.05) is 0 Å². The number of carbonyl (C=O) groups is 1. The Labute approximate surface area is 273 Å². The van der Waals surface area contributed by atoms with Crippen molar-refractivity contribution in [3.05, 3.63) is 71.0 Å². The van der Waals surface area contributed by atoms with Gasteiger partial charge in [0.25, 0.3) is 0 Å². The molecule has 6 nitrogen and oxygen atoms in total. The second kappa shape index (κ2) is 13.9. The van der Waals surface area contributed by atoms with Crippen LogP contribution in [0.3, 0.4) is 0 Å². The normalized spacial score (nSPS) is 22.2. The van der Waals surface area contributed by atoms with Crippen LogP contribution in [0.4, 0.5) is 30.7 Å². The third-order valence-electron chi connectivity index (χ3n) is 9.05. The molecule has 2 aromatic carbocycles. The second-order valence-corrected chi connectivity index (χ2v) is 14.5. The molecule has 3 aliphatic rings. The van der Waals surface area contributed by atoms with E-state index < -0.39 is 56.6 Å². The second-order valence-electron chi connectivity index (χ2n) is 11.8. The Morgan fingerprint density at radius 3 is 2.17 bits per heavy atom. The number of nitrogens with zero attached hydrogens (tertiary/aromatic N) is 1. The summed E-state index contributed by atoms with van der Waals surface area (Å²) in [5, 5.41) is 8.25. The quantitative estimate of drug-likeness (QED) is 0.239. The predicted octanol–water partition coefficient (Wildman–Crippen LogP) is 8.73. The van der Waals surface area contributed by atoms with Gasteiger partial charge >= 0.3 is 18.0 Å². The highest BCUT2D eigenvalue weighted by Gasteiger charge is 2.74. The molecule has 47 heavy (non-hydrogen) atoms. The molecule has 0 bridgehead atoms. The van der Waals surface area contributed by atoms with E-state index in [2.05, 4.69) is 6.92 Å². The van der Waals surface area contributed by atoms with E-state index >= 15 is 0 Å². The fourth-order valence-electron chi connectivity index (χ4n) is 6.63. The van der Waals surface area contributed by atoms with Gasteiger partial charge in [0.1, 0.15) is 17.1 Å². The molecule has 2 heterocycles. The third-order valence-corrected chi connectivity index (χ3v) is 11.9. The number of rotatable bonds is 6. The van der Waals surface area contributed by atoms with E-state index in [4.69, 9.17) is 21.4 Å². The van der Waals surface area contributed by atoms with E-state index in [1.165, 1.54) is 29.2 Å². The summed E-state index contributed by atoms with van der Waals surface area (Å²) in [6.07, 6.45) is -4.15. The highest BCUT2D eigenvalue weighted by molar-refractivity contribution is 7.92. The number of halogens is 8. The lowest BCUT2D eigenvalue weighted by Crippen LogP contribution is -2.56. The van der Waals surface area contributed by atoms with Gasteiger partial charge in [-0.05, 0) is 56.0 Å². The molecular formula is C32H35ClF7NO5S. The Kier molecular flexibility index (Phi) is 10.9. The molecule has 2 aliphatic heterocycles. The van der Waals surface area contributed by atoms with Gasteiger partial charge in [0, 0.05) is 28.6 Å². The van der Waals surface area contributed by atoms with E-state index in [0.29, 0.717) is 12.8 Å². The van der Waals surface area contributed by atoms with Crippen LogP contribution in [-0.2, 0) is 25.0 Å². The molecule has 1 amide bonds. The maximum Gasteiger partial charge on any atom is 0.435 e. The molecule has 2 fully saturated rings. The molecule has 0 aromatic heterocycles. The van der Waals surface area contributed by atoms with Gasteiger partial charge < -0.3 is 14.7 Å². The first kappa shape index (κ1) is 36.8. The van der Waals surface area contributed by atoms with E-state index in [0.717, 1.165) is 44.4 Å². The topological polar surface area (TPSA) is 83.9 Å². The van der Waals surface area contributed by atoms with Crippen molar-refractivity contribution in [2.75, 3.05) is 13.2 Å². The first-order valence-electron chi connectivity index (χ1n) is 15.2. The number of hydrogen-bond donors (Lipinski definition) is 1. The Hall–Kier alpha value is -3.00. The summed E-state index contributed by atoms with van der Waals surface area (Å²) in [5.74, 6) is -1.24. The summed E-state index contributed by atoms with van der Waals surface area (Å²) in [4.78, 5) is 14.8. The summed E-state index contributed by atoms with van der Waals surface area (Å²) in [5.41, 5.74) is -7.75. The SMILES string of the molecule is CCC/C=C/O.O=C(C1CCCCC1)N1CCC2(S(=O)(=O)c3ccc(Cl)cc3)c3ccc(C(F)(C(F)(F)F)C(F)(F)F)cc3OCC12. The Bertz CT molecular complexity index is 1540. The van der Waals surface area contributed by atoms with Crippen molar-refractivity contribution in [1.82, 2.24) is 4.90 Å². The van der Waals surface area contributed by atoms with E-state index in [1.54, 1.807) is 6.08 Å². The number of carbonyl (C=O) groups excluding carboxylic acids is 1. The number of aliphatic hydroxyl groups is 1. The van der Waals surface area contributed by atoms with Crippen LogP contribution < -0.4 is 4.74 Å². The van der Waals surface area contributed by atoms with Crippen molar-refractivity contribution >= 4 is 27.3 Å². The minimum Gasteiger partial charge on any atom is -0.516 e. The first-order valence-corrected chi connectivity index (χ1v) is 17.0. The van der Waals surface area contributed by atoms with E-state index in [-0.39, 0.29) is 52.4 Å². The molecule has 1 aliphatic carbocycles. The van der Waals surface area contributed by atoms with Gasteiger partial charge in [-0.15, -0.1) is 0 Å². The average molecular weight is 714 g/mol. The molecule has 2 atom stereocenters. The molecule has 15 heteroatoms. The van der Waals surface area contributed by atoms with Gasteiger partial charge in [-0.25, -0.2) is 12.8 Å². The van der Waals surface area contributed by atoms with Crippen LogP contribution in [0.5, 0.6) is 5.75 Å². The van der Waals surface area contributed by atoms with Gasteiger partial charge in [0.05, 0.1) is 17.2 Å². The number of hydrogen-bond acceptors (Lipinski definition) is 5. The molecule has 0 radical (unpaired) electrons. The van der Waals surface area contributed by atoms with Crippen molar-refractivity contribution in [3.8, 4) is 5.75 Å². The standard InChI is InChI=1S/C27H25ClF7NO4S.C5H10O/c28-18-7-9-19(10-8-18)41(38,39)24-12-13-36(23(37)16-4-2-1-3-5-16)22(24)15-40-21-14-17(6-11-20(21)24)25(29,26(30,31)32)27(33,34)35;1-2-3-4-5-6/h6-11,14,16,22H,1-5,12-13,15H2;4-6H,2-3H2,1H3/b;5-4+. The maximum absolute atomic E-state index is 14.9. The van der Waals surface area contributed by atoms with E-state index in [9.17, 15) is 43.9 Å². The molecule has 5 rings (SSSR count). The van der Waals surface area contributed by atoms with Crippen LogP contribution in [0.15, 0.2) is 59.7 Å². The Morgan fingerprint density at radius 1 is 1.02 bits per heavy atom. The largest absolute Gasteiger partial charge is 0.516 e. The molecule has 260 valence electrons. The van der Waals surface area contributed by atoms with Gasteiger partial charge in [-0.3, -0.25) is 4.79 Å². The fraction of sp³-hybridized carbons (Fsp3) is 0.531. The Balaban J connectivity index is 0.000000762. The first-order chi connectivity index (χ1) is 22.0. The number of benzene rings is 2. The van der Waals surface area contributed by atoms with Gasteiger partial charge in [0.15, 0.2) is 9.84 Å². The summed E-state index contributed by atoms with van der Waals surface area (Å²) < 4.78 is 128. The van der Waals surface area contributed by atoms with Crippen LogP contribution in [0.1, 0.15) is 69.4 Å². The lowest BCUT2D eigenvalue weighted by atomic mass is 9.84. The minimum atomic E-state index is -6.36. The van der Waals surface area contributed by atoms with Crippen LogP contribution in [0.2, 0.25) is 5.02 Å². The van der Waals surface area contributed by atoms with Crippen molar-refractivity contribution in [1.29, 1.82) is 0 Å². The number of sulfone groups is 1. The fourth-order valence-corrected chi connectivity index (χ4v) is 9.05. The summed E-state index contributed by atoms with van der Waals surface area (Å²) in [6, 6.07) is 5.28. The molecule has 1 saturated heterocycles. The molecule has 2 aromatic rings. The zero-order valence-corrected chi connectivity index (χ0v) is 27.0. The van der Waals surface area contributed by atoms with Crippen molar-refractivity contribution in [3.63, 3.8) is 0 Å². The highest BCUT2D eigenvalue weighted by Crippen LogP contribution is 2.57. The monoisotopic (exact) mass is 713 g/mol. The molecule has 2 unspecified atom stereocenters. The number of unbranched alkanes of at least 4 members (excludes halogenated alkanes) is 1. The zero-order valence-electron chi connectivity index (χ0n) is 25.4. The molecule has 1 N–H and O–H groups in total.